The van der Waals surface area contributed by atoms with Gasteiger partial charge in [0.2, 0.25) is 17.7 Å². The lowest BCUT2D eigenvalue weighted by Gasteiger charge is -2.37. The molecule has 0 bridgehead atoms. The van der Waals surface area contributed by atoms with Gasteiger partial charge in [-0.1, -0.05) is 52.2 Å². The number of carbonyl (C=O) groups is 3. The van der Waals surface area contributed by atoms with Gasteiger partial charge < -0.3 is 21.1 Å². The Morgan fingerprint density at radius 1 is 1.09 bits per heavy atom. The van der Waals surface area contributed by atoms with Gasteiger partial charge in [-0.05, 0) is 42.4 Å². The zero-order valence-corrected chi connectivity index (χ0v) is 21.2. The molecule has 8 nitrogen and oxygen atoms in total. The van der Waals surface area contributed by atoms with Crippen LogP contribution in [-0.4, -0.2) is 60.1 Å². The molecule has 35 heavy (non-hydrogen) atoms. The summed E-state index contributed by atoms with van der Waals surface area (Å²) in [5.74, 6) is -0.877. The monoisotopic (exact) mass is 484 g/mol. The highest BCUT2D eigenvalue weighted by Gasteiger charge is 2.44. The van der Waals surface area contributed by atoms with E-state index in [1.165, 1.54) is 6.42 Å². The van der Waals surface area contributed by atoms with E-state index < -0.39 is 18.2 Å². The number of nitrogens with zero attached hydrogens (tertiary/aromatic N) is 1. The van der Waals surface area contributed by atoms with Gasteiger partial charge in [-0.3, -0.25) is 19.3 Å². The Balaban J connectivity index is 1.70. The van der Waals surface area contributed by atoms with E-state index in [2.05, 4.69) is 36.7 Å². The maximum atomic E-state index is 13.9. The summed E-state index contributed by atoms with van der Waals surface area (Å²) in [7, 11) is 0. The number of aliphatic hydroxyl groups is 1. The van der Waals surface area contributed by atoms with Crippen molar-refractivity contribution < 1.29 is 19.5 Å². The largest absolute Gasteiger partial charge is 0.392 e. The van der Waals surface area contributed by atoms with E-state index in [9.17, 15) is 19.5 Å². The second kappa shape index (κ2) is 10.7. The highest BCUT2D eigenvalue weighted by molar-refractivity contribution is 6.04. The molecule has 2 saturated heterocycles. The summed E-state index contributed by atoms with van der Waals surface area (Å²) in [6.45, 7) is 7.09. The maximum Gasteiger partial charge on any atom is 0.244 e. The molecule has 2 heterocycles. The Morgan fingerprint density at radius 2 is 1.77 bits per heavy atom. The van der Waals surface area contributed by atoms with E-state index in [4.69, 9.17) is 0 Å². The fraction of sp³-hybridized carbons (Fsp3) is 0.667. The van der Waals surface area contributed by atoms with Gasteiger partial charge >= 0.3 is 0 Å². The van der Waals surface area contributed by atoms with Crippen LogP contribution in [0.3, 0.4) is 0 Å². The Kier molecular flexibility index (Phi) is 7.81. The van der Waals surface area contributed by atoms with Crippen molar-refractivity contribution in [2.75, 3.05) is 18.0 Å². The number of carbonyl (C=O) groups excluding carboxylic acids is 3. The molecular weight excluding hydrogens is 444 g/mol. The third-order valence-electron chi connectivity index (χ3n) is 7.61. The van der Waals surface area contributed by atoms with Crippen molar-refractivity contribution in [3.63, 3.8) is 0 Å². The molecule has 192 valence electrons. The van der Waals surface area contributed by atoms with Crippen molar-refractivity contribution in [1.82, 2.24) is 16.0 Å². The normalized spacial score (nSPS) is 26.3. The summed E-state index contributed by atoms with van der Waals surface area (Å²) in [5, 5.41) is 19.2. The van der Waals surface area contributed by atoms with Crippen LogP contribution in [0.1, 0.15) is 71.3 Å². The first-order valence-electron chi connectivity index (χ1n) is 13.1. The van der Waals surface area contributed by atoms with Crippen LogP contribution in [-0.2, 0) is 19.8 Å². The summed E-state index contributed by atoms with van der Waals surface area (Å²) in [4.78, 5) is 41.5. The molecule has 0 aromatic heterocycles. The van der Waals surface area contributed by atoms with Crippen molar-refractivity contribution in [3.8, 4) is 0 Å². The molecule has 1 aromatic rings. The fourth-order valence-corrected chi connectivity index (χ4v) is 5.55. The molecule has 3 aliphatic rings. The van der Waals surface area contributed by atoms with E-state index >= 15 is 0 Å². The van der Waals surface area contributed by atoms with Crippen LogP contribution in [0, 0.1) is 5.92 Å². The quantitative estimate of drug-likeness (QED) is 0.494. The van der Waals surface area contributed by atoms with Crippen LogP contribution >= 0.6 is 0 Å². The number of hydrogen-bond acceptors (Lipinski definition) is 5. The lowest BCUT2D eigenvalue weighted by atomic mass is 9.86. The fourth-order valence-electron chi connectivity index (χ4n) is 5.55. The van der Waals surface area contributed by atoms with Crippen molar-refractivity contribution in [2.45, 2.75) is 95.4 Å². The van der Waals surface area contributed by atoms with E-state index in [0.717, 1.165) is 31.2 Å². The van der Waals surface area contributed by atoms with E-state index in [1.807, 2.05) is 24.3 Å². The number of rotatable bonds is 6. The third-order valence-corrected chi connectivity index (χ3v) is 7.61. The minimum absolute atomic E-state index is 0.0516. The lowest BCUT2D eigenvalue weighted by molar-refractivity contribution is -0.129. The molecule has 4 rings (SSSR count). The van der Waals surface area contributed by atoms with Crippen molar-refractivity contribution in [1.29, 1.82) is 0 Å². The second-order valence-electron chi connectivity index (χ2n) is 11.4. The van der Waals surface area contributed by atoms with Gasteiger partial charge in [0.05, 0.1) is 12.1 Å². The SMILES string of the molecule is CC(C)(C)c1ccc(N(C(=O)C2CC(O)CN2)C(C(=O)NC2CCCCC2)C2CNC(=O)C2)cc1. The molecule has 3 fully saturated rings. The summed E-state index contributed by atoms with van der Waals surface area (Å²) in [5.41, 5.74) is 1.71. The highest BCUT2D eigenvalue weighted by Crippen LogP contribution is 2.31. The minimum Gasteiger partial charge on any atom is -0.392 e. The summed E-state index contributed by atoms with van der Waals surface area (Å²) in [6.07, 6.45) is 5.12. The molecule has 0 radical (unpaired) electrons. The Bertz CT molecular complexity index is 920. The standard InChI is InChI=1S/C27H40N4O4/c1-27(2,3)18-9-11-20(12-10-18)31(26(35)22-14-21(32)16-28-22)24(17-13-23(33)29-15-17)25(34)30-19-7-5-4-6-8-19/h9-12,17,19,21-22,24,28,32H,4-8,13-16H2,1-3H3,(H,29,33)(H,30,34). The van der Waals surface area contributed by atoms with Crippen LogP contribution < -0.4 is 20.9 Å². The number of hydrogen-bond donors (Lipinski definition) is 4. The van der Waals surface area contributed by atoms with Gasteiger partial charge in [0.1, 0.15) is 6.04 Å². The number of aliphatic hydroxyl groups excluding tert-OH is 1. The number of amides is 3. The van der Waals surface area contributed by atoms with Crippen LogP contribution in [0.5, 0.6) is 0 Å². The van der Waals surface area contributed by atoms with E-state index in [-0.39, 0.29) is 41.5 Å². The van der Waals surface area contributed by atoms with Crippen LogP contribution in [0.2, 0.25) is 0 Å². The molecule has 2 aliphatic heterocycles. The lowest BCUT2D eigenvalue weighted by Crippen LogP contribution is -2.59. The predicted octanol–water partition coefficient (Wildman–Crippen LogP) is 1.99. The first-order chi connectivity index (χ1) is 16.6. The van der Waals surface area contributed by atoms with Crippen LogP contribution in [0.4, 0.5) is 5.69 Å². The molecule has 3 amide bonds. The zero-order chi connectivity index (χ0) is 25.2. The third kappa shape index (κ3) is 6.04. The number of benzene rings is 1. The molecule has 4 N–H and O–H groups in total. The Labute approximate surface area is 208 Å². The van der Waals surface area contributed by atoms with Gasteiger partial charge in [-0.2, -0.15) is 0 Å². The summed E-state index contributed by atoms with van der Waals surface area (Å²) in [6, 6.07) is 6.49. The van der Waals surface area contributed by atoms with Gasteiger partial charge in [0.25, 0.3) is 0 Å². The van der Waals surface area contributed by atoms with Crippen molar-refractivity contribution >= 4 is 23.4 Å². The summed E-state index contributed by atoms with van der Waals surface area (Å²) < 4.78 is 0. The van der Waals surface area contributed by atoms with E-state index in [0.29, 0.717) is 25.2 Å². The van der Waals surface area contributed by atoms with Gasteiger partial charge in [0, 0.05) is 37.2 Å². The van der Waals surface area contributed by atoms with Gasteiger partial charge in [-0.15, -0.1) is 0 Å². The zero-order valence-electron chi connectivity index (χ0n) is 21.2. The smallest absolute Gasteiger partial charge is 0.244 e. The molecule has 0 spiro atoms. The first-order valence-corrected chi connectivity index (χ1v) is 13.1. The number of β-amino-alcohol motifs (C(OH)–C–C–N with tert-alkyl or cyclic N) is 1. The minimum atomic E-state index is -0.816. The Hall–Kier alpha value is -2.45. The predicted molar refractivity (Wildman–Crippen MR) is 135 cm³/mol. The number of anilines is 1. The van der Waals surface area contributed by atoms with Crippen molar-refractivity contribution in [2.24, 2.45) is 5.92 Å². The van der Waals surface area contributed by atoms with Crippen LogP contribution in [0.15, 0.2) is 24.3 Å². The molecule has 1 aromatic carbocycles. The van der Waals surface area contributed by atoms with Crippen LogP contribution in [0.25, 0.3) is 0 Å². The van der Waals surface area contributed by atoms with E-state index in [1.54, 1.807) is 4.90 Å². The molecule has 1 aliphatic carbocycles. The molecule has 1 saturated carbocycles. The number of nitrogens with one attached hydrogen (secondary N) is 3. The molecule has 4 atom stereocenters. The van der Waals surface area contributed by atoms with Gasteiger partial charge in [0.15, 0.2) is 0 Å². The summed E-state index contributed by atoms with van der Waals surface area (Å²) >= 11 is 0. The first kappa shape index (κ1) is 25.6. The Morgan fingerprint density at radius 3 is 2.31 bits per heavy atom. The van der Waals surface area contributed by atoms with Gasteiger partial charge in [-0.25, -0.2) is 0 Å². The highest BCUT2D eigenvalue weighted by atomic mass is 16.3. The molecular formula is C27H40N4O4. The molecule has 4 unspecified atom stereocenters. The maximum absolute atomic E-state index is 13.9. The average Bonchev–Trinajstić information content (AvgIpc) is 3.45. The van der Waals surface area contributed by atoms with Crippen molar-refractivity contribution in [3.05, 3.63) is 29.8 Å². The second-order valence-corrected chi connectivity index (χ2v) is 11.4. The average molecular weight is 485 g/mol. The topological polar surface area (TPSA) is 111 Å². The molecule has 8 heteroatoms.